The monoisotopic (exact) mass is 577 g/mol. The first-order valence-electron chi connectivity index (χ1n) is 12.6. The van der Waals surface area contributed by atoms with Gasteiger partial charge in [0.05, 0.1) is 0 Å². The summed E-state index contributed by atoms with van der Waals surface area (Å²) in [6.45, 7) is 9.34. The number of alkyl halides is 6. The maximum Gasteiger partial charge on any atom is 0.490 e. The number of piperidine rings is 2. The summed E-state index contributed by atoms with van der Waals surface area (Å²) < 4.78 is 63.5. The Morgan fingerprint density at radius 1 is 0.775 bits per heavy atom. The van der Waals surface area contributed by atoms with E-state index in [1.807, 2.05) is 18.5 Å². The SMILES string of the molecule is Cc1ccc(CN2CCC3(CC2)CCN(Cc2cccnc2)CC3)cc1.O=C(O)C(F)(F)F.O=C(O)C(F)(F)F. The highest BCUT2D eigenvalue weighted by molar-refractivity contribution is 5.73. The number of hydrogen-bond acceptors (Lipinski definition) is 5. The van der Waals surface area contributed by atoms with E-state index in [1.165, 1.54) is 68.6 Å². The van der Waals surface area contributed by atoms with Gasteiger partial charge < -0.3 is 10.2 Å². The lowest BCUT2D eigenvalue weighted by Gasteiger charge is -2.47. The molecular weight excluding hydrogens is 544 g/mol. The Morgan fingerprint density at radius 2 is 1.18 bits per heavy atom. The molecule has 4 rings (SSSR count). The molecule has 2 saturated heterocycles. The van der Waals surface area contributed by atoms with Crippen LogP contribution in [-0.2, 0) is 22.7 Å². The maximum atomic E-state index is 10.6. The van der Waals surface area contributed by atoms with E-state index in [9.17, 15) is 26.3 Å². The molecule has 1 aromatic heterocycles. The van der Waals surface area contributed by atoms with Crippen LogP contribution in [0.25, 0.3) is 0 Å². The highest BCUT2D eigenvalue weighted by atomic mass is 19.4. The number of pyridine rings is 1. The van der Waals surface area contributed by atoms with Crippen molar-refractivity contribution in [1.82, 2.24) is 14.8 Å². The summed E-state index contributed by atoms with van der Waals surface area (Å²) >= 11 is 0. The molecule has 0 amide bonds. The van der Waals surface area contributed by atoms with Gasteiger partial charge in [-0.25, -0.2) is 9.59 Å². The number of benzene rings is 1. The summed E-state index contributed by atoms with van der Waals surface area (Å²) in [5.41, 5.74) is 4.76. The fourth-order valence-corrected chi connectivity index (χ4v) is 4.57. The number of carboxylic acid groups (broad SMARTS) is 2. The second-order valence-electron chi connectivity index (χ2n) is 10.0. The van der Waals surface area contributed by atoms with Crippen molar-refractivity contribution < 1.29 is 46.1 Å². The molecule has 7 nitrogen and oxygen atoms in total. The van der Waals surface area contributed by atoms with Crippen LogP contribution in [0.3, 0.4) is 0 Å². The molecule has 1 spiro atoms. The predicted octanol–water partition coefficient (Wildman–Crippen LogP) is 5.53. The molecule has 0 bridgehead atoms. The zero-order chi connectivity index (χ0) is 30.0. The van der Waals surface area contributed by atoms with E-state index in [0.717, 1.165) is 13.1 Å². The fraction of sp³-hybridized carbons (Fsp3) is 0.519. The second-order valence-corrected chi connectivity index (χ2v) is 10.0. The van der Waals surface area contributed by atoms with Crippen LogP contribution in [0.5, 0.6) is 0 Å². The lowest BCUT2D eigenvalue weighted by molar-refractivity contribution is -0.193. The van der Waals surface area contributed by atoms with Crippen molar-refractivity contribution in [2.24, 2.45) is 5.41 Å². The Morgan fingerprint density at radius 3 is 1.52 bits per heavy atom. The molecule has 1 aromatic carbocycles. The molecule has 0 unspecified atom stereocenters. The Hall–Kier alpha value is -3.19. The van der Waals surface area contributed by atoms with Crippen LogP contribution in [0.2, 0.25) is 0 Å². The number of carbonyl (C=O) groups is 2. The van der Waals surface area contributed by atoms with Gasteiger partial charge in [0.1, 0.15) is 0 Å². The largest absolute Gasteiger partial charge is 0.490 e. The van der Waals surface area contributed by atoms with Gasteiger partial charge in [-0.3, -0.25) is 14.8 Å². The summed E-state index contributed by atoms with van der Waals surface area (Å²) in [5.74, 6) is -5.51. The number of halogens is 6. The number of aryl methyl sites for hydroxylation is 1. The Bertz CT molecular complexity index is 1040. The molecule has 2 aliphatic rings. The van der Waals surface area contributed by atoms with Crippen molar-refractivity contribution in [3.05, 3.63) is 65.5 Å². The van der Waals surface area contributed by atoms with Gasteiger partial charge in [0.15, 0.2) is 0 Å². The summed E-state index contributed by atoms with van der Waals surface area (Å²) in [7, 11) is 0. The molecule has 0 aliphatic carbocycles. The first kappa shape index (κ1) is 33.0. The van der Waals surface area contributed by atoms with Crippen molar-refractivity contribution in [2.75, 3.05) is 26.2 Å². The third kappa shape index (κ3) is 11.5. The molecular formula is C27H33F6N3O4. The van der Waals surface area contributed by atoms with Crippen LogP contribution in [0.15, 0.2) is 48.8 Å². The van der Waals surface area contributed by atoms with E-state index < -0.39 is 24.3 Å². The van der Waals surface area contributed by atoms with Gasteiger partial charge in [0.25, 0.3) is 0 Å². The number of aromatic nitrogens is 1. The van der Waals surface area contributed by atoms with E-state index in [1.54, 1.807) is 0 Å². The minimum atomic E-state index is -5.08. The normalized spacial score (nSPS) is 17.7. The topological polar surface area (TPSA) is 94.0 Å². The number of hydrogen-bond donors (Lipinski definition) is 2. The van der Waals surface area contributed by atoms with Crippen molar-refractivity contribution in [1.29, 1.82) is 0 Å². The molecule has 2 aromatic rings. The average Bonchev–Trinajstić information content (AvgIpc) is 2.89. The Labute approximate surface area is 228 Å². The van der Waals surface area contributed by atoms with E-state index in [2.05, 4.69) is 52.0 Å². The van der Waals surface area contributed by atoms with Gasteiger partial charge in [-0.15, -0.1) is 0 Å². The third-order valence-electron chi connectivity index (χ3n) is 6.97. The van der Waals surface area contributed by atoms with Crippen LogP contribution in [0.1, 0.15) is 42.4 Å². The van der Waals surface area contributed by atoms with Gasteiger partial charge in [-0.05, 0) is 81.4 Å². The van der Waals surface area contributed by atoms with Crippen LogP contribution in [-0.4, -0.2) is 75.5 Å². The fourth-order valence-electron chi connectivity index (χ4n) is 4.57. The molecule has 0 atom stereocenters. The average molecular weight is 578 g/mol. The van der Waals surface area contributed by atoms with Crippen molar-refractivity contribution in [3.63, 3.8) is 0 Å². The molecule has 40 heavy (non-hydrogen) atoms. The number of rotatable bonds is 4. The summed E-state index contributed by atoms with van der Waals surface area (Å²) in [6.07, 6.45) is -0.816. The van der Waals surface area contributed by atoms with E-state index >= 15 is 0 Å². The van der Waals surface area contributed by atoms with Crippen LogP contribution in [0.4, 0.5) is 26.3 Å². The van der Waals surface area contributed by atoms with Crippen LogP contribution in [0, 0.1) is 12.3 Å². The number of carboxylic acids is 2. The molecule has 3 heterocycles. The molecule has 0 saturated carbocycles. The summed E-state index contributed by atoms with van der Waals surface area (Å²) in [6, 6.07) is 13.3. The molecule has 0 radical (unpaired) electrons. The zero-order valence-corrected chi connectivity index (χ0v) is 22.0. The first-order valence-corrected chi connectivity index (χ1v) is 12.6. The van der Waals surface area contributed by atoms with Gasteiger partial charge in [-0.2, -0.15) is 26.3 Å². The number of likely N-dealkylation sites (tertiary alicyclic amines) is 2. The number of nitrogens with zero attached hydrogens (tertiary/aromatic N) is 3. The lowest BCUT2D eigenvalue weighted by Crippen LogP contribution is -2.46. The smallest absolute Gasteiger partial charge is 0.475 e. The lowest BCUT2D eigenvalue weighted by atomic mass is 9.71. The van der Waals surface area contributed by atoms with Crippen molar-refractivity contribution in [3.8, 4) is 0 Å². The van der Waals surface area contributed by atoms with Crippen molar-refractivity contribution in [2.45, 2.75) is 58.0 Å². The predicted molar refractivity (Wildman–Crippen MR) is 134 cm³/mol. The third-order valence-corrected chi connectivity index (χ3v) is 6.97. The summed E-state index contributed by atoms with van der Waals surface area (Å²) in [5, 5.41) is 14.2. The highest BCUT2D eigenvalue weighted by Crippen LogP contribution is 2.41. The first-order chi connectivity index (χ1) is 18.6. The Kier molecular flexibility index (Phi) is 11.9. The summed E-state index contributed by atoms with van der Waals surface area (Å²) in [4.78, 5) is 27.3. The minimum absolute atomic E-state index is 0.606. The Balaban J connectivity index is 0.000000333. The molecule has 2 fully saturated rings. The minimum Gasteiger partial charge on any atom is -0.475 e. The van der Waals surface area contributed by atoms with Gasteiger partial charge in [0, 0.05) is 25.5 Å². The second kappa shape index (κ2) is 14.4. The molecule has 222 valence electrons. The standard InChI is InChI=1S/C23H31N3.2C2HF3O2/c1-20-4-6-21(7-5-20)18-25-13-8-23(9-14-25)10-15-26(16-11-23)19-22-3-2-12-24-17-22;2*3-2(4,5)1(6)7/h2-7,12,17H,8-11,13-16,18-19H2,1H3;2*(H,6,7). The molecule has 13 heteroatoms. The van der Waals surface area contributed by atoms with Gasteiger partial charge >= 0.3 is 24.3 Å². The maximum absolute atomic E-state index is 10.6. The van der Waals surface area contributed by atoms with E-state index in [4.69, 9.17) is 19.8 Å². The number of aliphatic carboxylic acids is 2. The highest BCUT2D eigenvalue weighted by Gasteiger charge is 2.39. The van der Waals surface area contributed by atoms with Crippen molar-refractivity contribution >= 4 is 11.9 Å². The van der Waals surface area contributed by atoms with Gasteiger partial charge in [0.2, 0.25) is 0 Å². The molecule has 2 N–H and O–H groups in total. The molecule has 2 aliphatic heterocycles. The quantitative estimate of drug-likeness (QED) is 0.462. The van der Waals surface area contributed by atoms with Crippen LogP contribution < -0.4 is 0 Å². The van der Waals surface area contributed by atoms with Gasteiger partial charge in [-0.1, -0.05) is 35.9 Å². The van der Waals surface area contributed by atoms with E-state index in [-0.39, 0.29) is 0 Å². The zero-order valence-electron chi connectivity index (χ0n) is 22.0. The van der Waals surface area contributed by atoms with Crippen LogP contribution >= 0.6 is 0 Å². The van der Waals surface area contributed by atoms with E-state index in [0.29, 0.717) is 5.41 Å².